The van der Waals surface area contributed by atoms with Gasteiger partial charge < -0.3 is 9.47 Å². The van der Waals surface area contributed by atoms with Crippen molar-refractivity contribution in [2.45, 2.75) is 50.7 Å². The molecule has 0 N–H and O–H groups in total. The van der Waals surface area contributed by atoms with E-state index in [4.69, 9.17) is 9.47 Å². The van der Waals surface area contributed by atoms with E-state index in [2.05, 4.69) is 27.4 Å². The number of likely N-dealkylation sites (tertiary alicyclic amines) is 1. The van der Waals surface area contributed by atoms with Crippen LogP contribution in [0.1, 0.15) is 29.7 Å². The molecule has 5 heteroatoms. The van der Waals surface area contributed by atoms with E-state index in [0.29, 0.717) is 25.4 Å². The van der Waals surface area contributed by atoms with Gasteiger partial charge in [0.25, 0.3) is 0 Å². The molecular formula is C19H24N2O2S. The molecule has 128 valence electrons. The van der Waals surface area contributed by atoms with Gasteiger partial charge in [-0.1, -0.05) is 6.07 Å². The topological polar surface area (TPSA) is 34.6 Å². The van der Waals surface area contributed by atoms with Crippen LogP contribution in [0.4, 0.5) is 0 Å². The summed E-state index contributed by atoms with van der Waals surface area (Å²) in [4.78, 5) is 8.09. The molecule has 0 bridgehead atoms. The first kappa shape index (κ1) is 16.2. The first-order valence-electron chi connectivity index (χ1n) is 8.77. The number of nitrogens with zero attached hydrogens (tertiary/aromatic N) is 2. The summed E-state index contributed by atoms with van der Waals surface area (Å²) in [5.74, 6) is 0. The van der Waals surface area contributed by atoms with Crippen molar-refractivity contribution >= 4 is 11.3 Å². The number of thiophene rings is 1. The molecule has 0 unspecified atom stereocenters. The highest BCUT2D eigenvalue weighted by molar-refractivity contribution is 7.09. The molecule has 4 nitrogen and oxygen atoms in total. The van der Waals surface area contributed by atoms with Crippen LogP contribution >= 0.6 is 11.3 Å². The molecule has 24 heavy (non-hydrogen) atoms. The monoisotopic (exact) mass is 344 g/mol. The Hall–Kier alpha value is -1.27. The second-order valence-electron chi connectivity index (χ2n) is 6.65. The summed E-state index contributed by atoms with van der Waals surface area (Å²) in [6, 6.07) is 8.95. The maximum atomic E-state index is 6.32. The van der Waals surface area contributed by atoms with Crippen LogP contribution in [-0.2, 0) is 22.6 Å². The van der Waals surface area contributed by atoms with Gasteiger partial charge in [0.1, 0.15) is 0 Å². The van der Waals surface area contributed by atoms with Gasteiger partial charge in [-0.2, -0.15) is 0 Å². The van der Waals surface area contributed by atoms with Crippen LogP contribution < -0.4 is 0 Å². The highest BCUT2D eigenvalue weighted by Gasteiger charge is 2.39. The molecule has 2 saturated heterocycles. The summed E-state index contributed by atoms with van der Waals surface area (Å²) in [6.07, 6.45) is 7.71. The van der Waals surface area contributed by atoms with Crippen molar-refractivity contribution in [2.75, 3.05) is 13.2 Å². The van der Waals surface area contributed by atoms with Crippen LogP contribution in [-0.4, -0.2) is 41.3 Å². The molecule has 3 atom stereocenters. The van der Waals surface area contributed by atoms with Crippen LogP contribution in [0.25, 0.3) is 0 Å². The van der Waals surface area contributed by atoms with Gasteiger partial charge in [-0.15, -0.1) is 11.3 Å². The molecular weight excluding hydrogens is 320 g/mol. The highest BCUT2D eigenvalue weighted by atomic mass is 32.1. The molecule has 0 aromatic carbocycles. The van der Waals surface area contributed by atoms with Crippen LogP contribution in [0.3, 0.4) is 0 Å². The third-order valence-corrected chi connectivity index (χ3v) is 5.87. The van der Waals surface area contributed by atoms with Crippen LogP contribution in [0.2, 0.25) is 0 Å². The van der Waals surface area contributed by atoms with E-state index in [0.717, 1.165) is 25.9 Å². The van der Waals surface area contributed by atoms with Crippen molar-refractivity contribution in [2.24, 2.45) is 0 Å². The van der Waals surface area contributed by atoms with Crippen molar-refractivity contribution in [1.29, 1.82) is 0 Å². The van der Waals surface area contributed by atoms with E-state index < -0.39 is 0 Å². The fourth-order valence-electron chi connectivity index (χ4n) is 3.79. The molecule has 0 radical (unpaired) electrons. The molecule has 2 aromatic heterocycles. The van der Waals surface area contributed by atoms with Gasteiger partial charge in [0.05, 0.1) is 25.4 Å². The van der Waals surface area contributed by atoms with Gasteiger partial charge in [0.15, 0.2) is 0 Å². The Balaban J connectivity index is 1.23. The van der Waals surface area contributed by atoms with E-state index in [-0.39, 0.29) is 6.10 Å². The quantitative estimate of drug-likeness (QED) is 0.803. The van der Waals surface area contributed by atoms with Crippen molar-refractivity contribution in [3.05, 3.63) is 52.5 Å². The number of fused-ring (bicyclic) bond motifs is 1. The Morgan fingerprint density at radius 2 is 2.12 bits per heavy atom. The normalized spacial score (nSPS) is 27.2. The summed E-state index contributed by atoms with van der Waals surface area (Å²) < 4.78 is 12.2. The predicted molar refractivity (Wildman–Crippen MR) is 94.9 cm³/mol. The Bertz CT molecular complexity index is 620. The number of pyridine rings is 1. The summed E-state index contributed by atoms with van der Waals surface area (Å²) in [5.41, 5.74) is 1.17. The first-order chi connectivity index (χ1) is 11.9. The fourth-order valence-corrected chi connectivity index (χ4v) is 4.52. The Morgan fingerprint density at radius 1 is 1.21 bits per heavy atom. The van der Waals surface area contributed by atoms with Gasteiger partial charge in [0, 0.05) is 36.4 Å². The average Bonchev–Trinajstić information content (AvgIpc) is 3.26. The maximum Gasteiger partial charge on any atom is 0.0813 e. The molecule has 4 rings (SSSR count). The van der Waals surface area contributed by atoms with Gasteiger partial charge >= 0.3 is 0 Å². The lowest BCUT2D eigenvalue weighted by atomic mass is 9.99. The standard InChI is InChI=1S/C19H24N2O2S/c1-2-17(24-11-1)12-21-10-7-19-18(21)4-3-16(23-19)14-22-13-15-5-8-20-9-6-15/h1-2,5-6,8-9,11,16,18-19H,3-4,7,10,12-14H2/t16-,18+,19+/m1/s1. The number of ether oxygens (including phenoxy) is 2. The minimum absolute atomic E-state index is 0.245. The van der Waals surface area contributed by atoms with Crippen LogP contribution in [0, 0.1) is 0 Å². The molecule has 2 aliphatic rings. The summed E-state index contributed by atoms with van der Waals surface area (Å²) in [5, 5.41) is 2.16. The zero-order valence-corrected chi connectivity index (χ0v) is 14.7. The van der Waals surface area contributed by atoms with Crippen molar-refractivity contribution in [3.8, 4) is 0 Å². The molecule has 0 amide bonds. The first-order valence-corrected chi connectivity index (χ1v) is 9.65. The van der Waals surface area contributed by atoms with Gasteiger partial charge in [-0.05, 0) is 48.4 Å². The third kappa shape index (κ3) is 3.86. The molecule has 4 heterocycles. The minimum atomic E-state index is 0.245. The maximum absolute atomic E-state index is 6.32. The highest BCUT2D eigenvalue weighted by Crippen LogP contribution is 2.33. The van der Waals surface area contributed by atoms with E-state index in [1.54, 1.807) is 12.4 Å². The van der Waals surface area contributed by atoms with E-state index >= 15 is 0 Å². The Morgan fingerprint density at radius 3 is 2.96 bits per heavy atom. The van der Waals surface area contributed by atoms with Gasteiger partial charge in [0.2, 0.25) is 0 Å². The second-order valence-corrected chi connectivity index (χ2v) is 7.68. The molecule has 0 spiro atoms. The Labute approximate surface area is 147 Å². The average molecular weight is 344 g/mol. The SMILES string of the molecule is c1csc(CN2CC[C@@H]3O[C@@H](COCc4ccncc4)CC[C@@H]32)c1. The summed E-state index contributed by atoms with van der Waals surface area (Å²) in [6.45, 7) is 3.56. The molecule has 2 aromatic rings. The van der Waals surface area contributed by atoms with Gasteiger partial charge in [-0.25, -0.2) is 0 Å². The van der Waals surface area contributed by atoms with Crippen molar-refractivity contribution in [1.82, 2.24) is 9.88 Å². The zero-order valence-electron chi connectivity index (χ0n) is 13.8. The third-order valence-electron chi connectivity index (χ3n) is 5.01. The van der Waals surface area contributed by atoms with Crippen molar-refractivity contribution < 1.29 is 9.47 Å². The summed E-state index contributed by atoms with van der Waals surface area (Å²) >= 11 is 1.85. The molecule has 0 aliphatic carbocycles. The largest absolute Gasteiger partial charge is 0.374 e. The van der Waals surface area contributed by atoms with Crippen LogP contribution in [0.5, 0.6) is 0 Å². The zero-order chi connectivity index (χ0) is 16.2. The van der Waals surface area contributed by atoms with Gasteiger partial charge in [-0.3, -0.25) is 9.88 Å². The van der Waals surface area contributed by atoms with E-state index in [9.17, 15) is 0 Å². The predicted octanol–water partition coefficient (Wildman–Crippen LogP) is 3.48. The lowest BCUT2D eigenvalue weighted by Crippen LogP contribution is -2.43. The Kier molecular flexibility index (Phi) is 5.23. The minimum Gasteiger partial charge on any atom is -0.374 e. The fraction of sp³-hybridized carbons (Fsp3) is 0.526. The lowest BCUT2D eigenvalue weighted by molar-refractivity contribution is -0.102. The van der Waals surface area contributed by atoms with Crippen molar-refractivity contribution in [3.63, 3.8) is 0 Å². The van der Waals surface area contributed by atoms with E-state index in [1.165, 1.54) is 16.9 Å². The molecule has 2 aliphatic heterocycles. The number of rotatable bonds is 6. The van der Waals surface area contributed by atoms with E-state index in [1.807, 2.05) is 23.5 Å². The number of aromatic nitrogens is 1. The van der Waals surface area contributed by atoms with Crippen LogP contribution in [0.15, 0.2) is 42.0 Å². The summed E-state index contributed by atoms with van der Waals surface area (Å²) in [7, 11) is 0. The number of hydrogen-bond acceptors (Lipinski definition) is 5. The second kappa shape index (κ2) is 7.74. The molecule has 2 fully saturated rings. The molecule has 0 saturated carbocycles. The lowest BCUT2D eigenvalue weighted by Gasteiger charge is -2.35. The number of hydrogen-bond donors (Lipinski definition) is 0. The smallest absolute Gasteiger partial charge is 0.0813 e.